The maximum absolute atomic E-state index is 11.6. The number of fused-ring (bicyclic) bond motifs is 1. The third-order valence-electron chi connectivity index (χ3n) is 6.81. The minimum atomic E-state index is -0.637. The van der Waals surface area contributed by atoms with Crippen LogP contribution in [0, 0.1) is 5.92 Å². The van der Waals surface area contributed by atoms with Gasteiger partial charge in [-0.05, 0) is 37.3 Å². The molecule has 9 nitrogen and oxygen atoms in total. The van der Waals surface area contributed by atoms with Crippen LogP contribution in [-0.4, -0.2) is 43.4 Å². The molecule has 1 saturated carbocycles. The van der Waals surface area contributed by atoms with Gasteiger partial charge in [-0.2, -0.15) is 0 Å². The summed E-state index contributed by atoms with van der Waals surface area (Å²) in [6.07, 6.45) is 10.5. The van der Waals surface area contributed by atoms with Crippen molar-refractivity contribution in [1.29, 1.82) is 0 Å². The molecule has 0 aromatic carbocycles. The average Bonchev–Trinajstić information content (AvgIpc) is 3.46. The van der Waals surface area contributed by atoms with E-state index in [9.17, 15) is 4.79 Å². The van der Waals surface area contributed by atoms with Gasteiger partial charge >= 0.3 is 5.76 Å². The Kier molecular flexibility index (Phi) is 6.97. The molecule has 1 aliphatic rings. The summed E-state index contributed by atoms with van der Waals surface area (Å²) in [7, 11) is 1.72. The number of halogens is 1. The summed E-state index contributed by atoms with van der Waals surface area (Å²) >= 11 is 6.32. The summed E-state index contributed by atoms with van der Waals surface area (Å²) in [6, 6.07) is 3.70. The molecule has 1 fully saturated rings. The van der Waals surface area contributed by atoms with Crippen molar-refractivity contribution in [3.63, 3.8) is 0 Å². The van der Waals surface area contributed by atoms with Gasteiger partial charge in [0.15, 0.2) is 0 Å². The van der Waals surface area contributed by atoms with Gasteiger partial charge in [0, 0.05) is 37.5 Å². The fourth-order valence-corrected chi connectivity index (χ4v) is 5.25. The van der Waals surface area contributed by atoms with Crippen molar-refractivity contribution in [3.05, 3.63) is 45.9 Å². The monoisotopic (exact) mass is 496 g/mol. The number of aromatic nitrogens is 6. The van der Waals surface area contributed by atoms with E-state index in [4.69, 9.17) is 30.8 Å². The summed E-state index contributed by atoms with van der Waals surface area (Å²) in [5.74, 6) is 1.32. The number of hydrogen-bond donors (Lipinski definition) is 1. The maximum Gasteiger partial charge on any atom is 0.439 e. The van der Waals surface area contributed by atoms with Crippen molar-refractivity contribution in [3.8, 4) is 22.8 Å². The molecule has 0 saturated heterocycles. The Morgan fingerprint density at radius 3 is 2.74 bits per heavy atom. The summed E-state index contributed by atoms with van der Waals surface area (Å²) in [5.41, 5.74) is 3.63. The van der Waals surface area contributed by atoms with Gasteiger partial charge in [0.1, 0.15) is 11.5 Å². The quantitative estimate of drug-likeness (QED) is 0.356. The zero-order chi connectivity index (χ0) is 24.4. The number of methoxy groups -OCH3 is 1. The Morgan fingerprint density at radius 1 is 1.23 bits per heavy atom. The summed E-state index contributed by atoms with van der Waals surface area (Å²) in [5, 5.41) is 4.36. The third kappa shape index (κ3) is 4.88. The minimum Gasteiger partial charge on any atom is -0.384 e. The van der Waals surface area contributed by atoms with Crippen molar-refractivity contribution >= 4 is 22.6 Å². The lowest BCUT2D eigenvalue weighted by atomic mass is 9.89. The first-order valence-corrected chi connectivity index (χ1v) is 12.5. The molecule has 4 aromatic heterocycles. The summed E-state index contributed by atoms with van der Waals surface area (Å²) < 4.78 is 12.6. The molecule has 4 aromatic rings. The van der Waals surface area contributed by atoms with E-state index in [1.807, 2.05) is 12.1 Å². The Bertz CT molecular complexity index is 1370. The van der Waals surface area contributed by atoms with Crippen molar-refractivity contribution in [2.24, 2.45) is 5.92 Å². The number of pyridine rings is 2. The predicted octanol–water partition coefficient (Wildman–Crippen LogP) is 5.21. The molecule has 1 N–H and O–H groups in total. The van der Waals surface area contributed by atoms with Gasteiger partial charge in [-0.25, -0.2) is 14.8 Å². The Morgan fingerprint density at radius 2 is 2.06 bits per heavy atom. The van der Waals surface area contributed by atoms with E-state index in [-0.39, 0.29) is 11.7 Å². The van der Waals surface area contributed by atoms with Gasteiger partial charge in [0.05, 0.1) is 28.4 Å². The highest BCUT2D eigenvalue weighted by Gasteiger charge is 2.26. The van der Waals surface area contributed by atoms with Crippen LogP contribution in [0.5, 0.6) is 0 Å². The zero-order valence-corrected chi connectivity index (χ0v) is 20.7. The standard InChI is InChI=1S/C25H29ClN6O3/c1-3-16(14-34-2)24-29-19-10-20(23-30-25(33)35-31-23)28-21(17-9-18(26)12-27-11-17)22(19)32(24)13-15-7-5-4-6-8-15/h9-12,15-16H,3-8,13-14H2,1-2H3,(H,30,31,33). The molecule has 0 aliphatic heterocycles. The number of hydrogen-bond acceptors (Lipinski definition) is 7. The number of imidazole rings is 1. The number of H-pyrrole nitrogens is 1. The Hall–Kier alpha value is -3.04. The Balaban J connectivity index is 1.77. The first-order valence-electron chi connectivity index (χ1n) is 12.1. The van der Waals surface area contributed by atoms with Crippen LogP contribution < -0.4 is 5.76 Å². The topological polar surface area (TPSA) is 112 Å². The molecule has 0 bridgehead atoms. The SMILES string of the molecule is CCC(COC)c1nc2cc(-c3noc(=O)[nH]3)nc(-c3cncc(Cl)c3)c2n1CC1CCCCC1. The first-order chi connectivity index (χ1) is 17.1. The molecule has 0 amide bonds. The first kappa shape index (κ1) is 23.7. The van der Waals surface area contributed by atoms with Crippen molar-refractivity contribution in [1.82, 2.24) is 29.7 Å². The van der Waals surface area contributed by atoms with Crippen LogP contribution in [0.2, 0.25) is 5.02 Å². The molecule has 10 heteroatoms. The molecular weight excluding hydrogens is 468 g/mol. The molecule has 0 radical (unpaired) electrons. The second kappa shape index (κ2) is 10.3. The molecule has 5 rings (SSSR count). The van der Waals surface area contributed by atoms with Crippen LogP contribution in [0.3, 0.4) is 0 Å². The highest BCUT2D eigenvalue weighted by Crippen LogP contribution is 2.36. The van der Waals surface area contributed by atoms with Crippen molar-refractivity contribution < 1.29 is 9.26 Å². The minimum absolute atomic E-state index is 0.136. The molecule has 184 valence electrons. The fourth-order valence-electron chi connectivity index (χ4n) is 5.08. The molecule has 1 aliphatic carbocycles. The van der Waals surface area contributed by atoms with Crippen molar-refractivity contribution in [2.75, 3.05) is 13.7 Å². The lowest BCUT2D eigenvalue weighted by molar-refractivity contribution is 0.172. The number of aromatic amines is 1. The zero-order valence-electron chi connectivity index (χ0n) is 20.0. The van der Waals surface area contributed by atoms with Crippen LogP contribution in [-0.2, 0) is 11.3 Å². The van der Waals surface area contributed by atoms with E-state index in [1.165, 1.54) is 32.1 Å². The molecule has 1 atom stereocenters. The molecule has 4 heterocycles. The third-order valence-corrected chi connectivity index (χ3v) is 7.01. The second-order valence-electron chi connectivity index (χ2n) is 9.20. The van der Waals surface area contributed by atoms with E-state index in [0.29, 0.717) is 28.9 Å². The normalized spacial score (nSPS) is 15.6. The maximum atomic E-state index is 11.6. The summed E-state index contributed by atoms with van der Waals surface area (Å²) in [6.45, 7) is 3.60. The van der Waals surface area contributed by atoms with Crippen LogP contribution >= 0.6 is 11.6 Å². The highest BCUT2D eigenvalue weighted by molar-refractivity contribution is 6.30. The lowest BCUT2D eigenvalue weighted by Crippen LogP contribution is -2.19. The van der Waals surface area contributed by atoms with Crippen LogP contribution in [0.4, 0.5) is 0 Å². The number of nitrogens with zero attached hydrogens (tertiary/aromatic N) is 5. The smallest absolute Gasteiger partial charge is 0.384 e. The van der Waals surface area contributed by atoms with Crippen LogP contribution in [0.15, 0.2) is 33.8 Å². The van der Waals surface area contributed by atoms with Gasteiger partial charge in [-0.1, -0.05) is 42.9 Å². The fraction of sp³-hybridized carbons (Fsp3) is 0.480. The van der Waals surface area contributed by atoms with E-state index >= 15 is 0 Å². The molecule has 0 spiro atoms. The molecule has 1 unspecified atom stereocenters. The van der Waals surface area contributed by atoms with Gasteiger partial charge in [0.25, 0.3) is 0 Å². The average molecular weight is 497 g/mol. The summed E-state index contributed by atoms with van der Waals surface area (Å²) in [4.78, 5) is 28.5. The predicted molar refractivity (Wildman–Crippen MR) is 133 cm³/mol. The van der Waals surface area contributed by atoms with E-state index < -0.39 is 5.76 Å². The molecular formula is C25H29ClN6O3. The van der Waals surface area contributed by atoms with E-state index in [2.05, 4.69) is 26.6 Å². The van der Waals surface area contributed by atoms with Gasteiger partial charge in [-0.3, -0.25) is 14.5 Å². The van der Waals surface area contributed by atoms with Gasteiger partial charge in [0.2, 0.25) is 5.82 Å². The van der Waals surface area contributed by atoms with Crippen LogP contribution in [0.1, 0.15) is 57.2 Å². The second-order valence-corrected chi connectivity index (χ2v) is 9.64. The molecule has 35 heavy (non-hydrogen) atoms. The number of nitrogens with one attached hydrogen (secondary N) is 1. The lowest BCUT2D eigenvalue weighted by Gasteiger charge is -2.25. The van der Waals surface area contributed by atoms with Gasteiger partial charge < -0.3 is 9.30 Å². The number of ether oxygens (including phenoxy) is 1. The number of rotatable bonds is 8. The van der Waals surface area contributed by atoms with E-state index in [0.717, 1.165) is 35.4 Å². The Labute approximate surface area is 207 Å². The highest BCUT2D eigenvalue weighted by atomic mass is 35.5. The van der Waals surface area contributed by atoms with Gasteiger partial charge in [-0.15, -0.1) is 0 Å². The largest absolute Gasteiger partial charge is 0.439 e. The van der Waals surface area contributed by atoms with Crippen molar-refractivity contribution in [2.45, 2.75) is 57.9 Å². The van der Waals surface area contributed by atoms with Crippen LogP contribution in [0.25, 0.3) is 33.8 Å². The van der Waals surface area contributed by atoms with E-state index in [1.54, 1.807) is 19.5 Å².